The number of aliphatic hydroxyl groups excluding tert-OH is 2. The first-order valence-electron chi connectivity index (χ1n) is 21.8. The highest BCUT2D eigenvalue weighted by molar-refractivity contribution is 5.76. The highest BCUT2D eigenvalue weighted by Crippen LogP contribution is 2.14. The Morgan fingerprint density at radius 2 is 0.865 bits per heavy atom. The molecule has 0 aromatic rings. The van der Waals surface area contributed by atoms with Gasteiger partial charge in [-0.1, -0.05) is 189 Å². The predicted molar refractivity (Wildman–Crippen MR) is 230 cm³/mol. The van der Waals surface area contributed by atoms with Crippen molar-refractivity contribution < 1.29 is 15.0 Å². The Morgan fingerprint density at radius 1 is 0.481 bits per heavy atom. The molecule has 0 aliphatic heterocycles. The minimum atomic E-state index is -0.872. The molecule has 1 amide bonds. The quantitative estimate of drug-likeness (QED) is 0.0439. The molecule has 3 N–H and O–H groups in total. The van der Waals surface area contributed by atoms with Gasteiger partial charge >= 0.3 is 0 Å². The second kappa shape index (κ2) is 43.0. The topological polar surface area (TPSA) is 69.6 Å². The van der Waals surface area contributed by atoms with E-state index < -0.39 is 12.1 Å². The minimum absolute atomic E-state index is 0.0836. The minimum Gasteiger partial charge on any atom is -0.394 e. The van der Waals surface area contributed by atoms with Crippen molar-refractivity contribution in [2.75, 3.05) is 6.61 Å². The van der Waals surface area contributed by atoms with Gasteiger partial charge in [-0.2, -0.15) is 0 Å². The number of carbonyl (C=O) groups is 1. The average Bonchev–Trinajstić information content (AvgIpc) is 3.15. The molecule has 0 rings (SSSR count). The molecular formula is C48H83NO3. The van der Waals surface area contributed by atoms with Crippen LogP contribution in [-0.2, 0) is 4.79 Å². The van der Waals surface area contributed by atoms with Crippen LogP contribution in [0.25, 0.3) is 0 Å². The second-order valence-electron chi connectivity index (χ2n) is 14.4. The van der Waals surface area contributed by atoms with Gasteiger partial charge in [0.2, 0.25) is 5.91 Å². The molecule has 0 saturated heterocycles. The first-order chi connectivity index (χ1) is 25.7. The second-order valence-corrected chi connectivity index (χ2v) is 14.4. The maximum Gasteiger partial charge on any atom is 0.220 e. The molecule has 298 valence electrons. The summed E-state index contributed by atoms with van der Waals surface area (Å²) in [5.74, 6) is -0.0836. The molecule has 0 aromatic carbocycles. The lowest BCUT2D eigenvalue weighted by Gasteiger charge is -2.19. The third kappa shape index (κ3) is 38.8. The highest BCUT2D eigenvalue weighted by atomic mass is 16.3. The fourth-order valence-electron chi connectivity index (χ4n) is 6.02. The number of allylic oxidation sites excluding steroid dienone is 13. The van der Waals surface area contributed by atoms with Crippen LogP contribution in [0.2, 0.25) is 0 Å². The summed E-state index contributed by atoms with van der Waals surface area (Å²) in [5, 5.41) is 22.9. The molecule has 0 bridgehead atoms. The molecule has 0 radical (unpaired) electrons. The first-order valence-corrected chi connectivity index (χ1v) is 21.8. The van der Waals surface area contributed by atoms with Gasteiger partial charge in [-0.25, -0.2) is 0 Å². The molecule has 2 unspecified atom stereocenters. The van der Waals surface area contributed by atoms with Crippen molar-refractivity contribution >= 4 is 5.91 Å². The number of rotatable bonds is 38. The molecule has 0 aromatic heterocycles. The van der Waals surface area contributed by atoms with Gasteiger partial charge in [0.25, 0.3) is 0 Å². The van der Waals surface area contributed by atoms with Gasteiger partial charge in [-0.05, 0) is 83.5 Å². The standard InChI is InChI=1S/C48H83NO3/c1-3-5-7-9-11-13-15-17-18-19-20-21-22-23-24-25-26-27-28-29-30-32-34-36-38-40-42-44-48(52)49-46(45-50)47(51)43-41-39-37-35-33-31-16-14-12-10-8-6-4-2/h5,7,11-14,17-18,20-21,33,35,41,43,46-47,50-51H,3-4,6,8-10,15-16,19,22-32,34,36-40,42,44-45H2,1-2H3,(H,49,52)/b7-5-,13-11-,14-12+,18-17-,21-20-,35-33+,43-41+. The number of hydrogen-bond acceptors (Lipinski definition) is 3. The SMILES string of the molecule is CC/C=C\C/C=C\C/C=C\C/C=C\CCCCCCCCCCCCCCCCC(=O)NC(CO)C(O)/C=C/CC/C=C/CC/C=C/CCCCC. The Kier molecular flexibility index (Phi) is 41.0. The summed E-state index contributed by atoms with van der Waals surface area (Å²) in [6, 6.07) is -0.648. The smallest absolute Gasteiger partial charge is 0.220 e. The van der Waals surface area contributed by atoms with E-state index in [0.29, 0.717) is 6.42 Å². The third-order valence-corrected chi connectivity index (χ3v) is 9.34. The maximum absolute atomic E-state index is 12.4. The van der Waals surface area contributed by atoms with Gasteiger partial charge in [-0.3, -0.25) is 4.79 Å². The van der Waals surface area contributed by atoms with Gasteiger partial charge in [0, 0.05) is 6.42 Å². The number of nitrogens with one attached hydrogen (secondary N) is 1. The first kappa shape index (κ1) is 49.6. The van der Waals surface area contributed by atoms with Crippen LogP contribution in [0.5, 0.6) is 0 Å². The summed E-state index contributed by atoms with van der Waals surface area (Å²) in [5.41, 5.74) is 0. The van der Waals surface area contributed by atoms with E-state index in [2.05, 4.69) is 92.1 Å². The summed E-state index contributed by atoms with van der Waals surface area (Å²) < 4.78 is 0. The largest absolute Gasteiger partial charge is 0.394 e. The van der Waals surface area contributed by atoms with Crippen LogP contribution in [-0.4, -0.2) is 34.9 Å². The van der Waals surface area contributed by atoms with Crippen molar-refractivity contribution in [3.63, 3.8) is 0 Å². The summed E-state index contributed by atoms with van der Waals surface area (Å²) in [4.78, 5) is 12.4. The highest BCUT2D eigenvalue weighted by Gasteiger charge is 2.17. The van der Waals surface area contributed by atoms with E-state index >= 15 is 0 Å². The number of hydrogen-bond donors (Lipinski definition) is 3. The molecule has 52 heavy (non-hydrogen) atoms. The van der Waals surface area contributed by atoms with Gasteiger partial charge in [0.1, 0.15) is 0 Å². The lowest BCUT2D eigenvalue weighted by molar-refractivity contribution is -0.123. The fraction of sp³-hybridized carbons (Fsp3) is 0.688. The van der Waals surface area contributed by atoms with Gasteiger partial charge < -0.3 is 15.5 Å². The van der Waals surface area contributed by atoms with E-state index in [1.54, 1.807) is 6.08 Å². The normalized spacial score (nSPS) is 13.8. The van der Waals surface area contributed by atoms with Crippen LogP contribution in [0.15, 0.2) is 85.1 Å². The van der Waals surface area contributed by atoms with Crippen LogP contribution in [0.3, 0.4) is 0 Å². The van der Waals surface area contributed by atoms with E-state index in [4.69, 9.17) is 0 Å². The van der Waals surface area contributed by atoms with Gasteiger partial charge in [0.05, 0.1) is 18.8 Å². The fourth-order valence-corrected chi connectivity index (χ4v) is 6.02. The lowest BCUT2D eigenvalue weighted by Crippen LogP contribution is -2.45. The lowest BCUT2D eigenvalue weighted by atomic mass is 10.0. The van der Waals surface area contributed by atoms with E-state index in [1.165, 1.54) is 109 Å². The zero-order valence-electron chi connectivity index (χ0n) is 34.0. The Bertz CT molecular complexity index is 957. The zero-order valence-corrected chi connectivity index (χ0v) is 34.0. The van der Waals surface area contributed by atoms with E-state index in [9.17, 15) is 15.0 Å². The number of unbranched alkanes of at least 4 members (excludes halogenated alkanes) is 19. The number of carbonyl (C=O) groups excluding carboxylic acids is 1. The van der Waals surface area contributed by atoms with Crippen molar-refractivity contribution in [2.24, 2.45) is 0 Å². The summed E-state index contributed by atoms with van der Waals surface area (Å²) >= 11 is 0. The Morgan fingerprint density at radius 3 is 1.35 bits per heavy atom. The maximum atomic E-state index is 12.4. The Hall–Kier alpha value is -2.43. The van der Waals surface area contributed by atoms with Crippen molar-refractivity contribution in [1.82, 2.24) is 5.32 Å². The van der Waals surface area contributed by atoms with Gasteiger partial charge in [0.15, 0.2) is 0 Å². The van der Waals surface area contributed by atoms with Crippen molar-refractivity contribution in [3.8, 4) is 0 Å². The van der Waals surface area contributed by atoms with Crippen LogP contribution in [0.4, 0.5) is 0 Å². The van der Waals surface area contributed by atoms with Crippen molar-refractivity contribution in [3.05, 3.63) is 85.1 Å². The molecule has 0 saturated carbocycles. The molecule has 4 nitrogen and oxygen atoms in total. The van der Waals surface area contributed by atoms with Crippen LogP contribution >= 0.6 is 0 Å². The number of aliphatic hydroxyl groups is 2. The van der Waals surface area contributed by atoms with Crippen LogP contribution in [0.1, 0.15) is 194 Å². The summed E-state index contributed by atoms with van der Waals surface area (Å²) in [7, 11) is 0. The molecule has 0 aliphatic carbocycles. The van der Waals surface area contributed by atoms with Crippen LogP contribution < -0.4 is 5.32 Å². The van der Waals surface area contributed by atoms with Crippen molar-refractivity contribution in [1.29, 1.82) is 0 Å². The van der Waals surface area contributed by atoms with Gasteiger partial charge in [-0.15, -0.1) is 0 Å². The predicted octanol–water partition coefficient (Wildman–Crippen LogP) is 13.7. The molecule has 0 fully saturated rings. The molecule has 4 heteroatoms. The van der Waals surface area contributed by atoms with Crippen LogP contribution in [0, 0.1) is 0 Å². The van der Waals surface area contributed by atoms with E-state index in [1.807, 2.05) is 6.08 Å². The molecule has 0 heterocycles. The Labute approximate surface area is 322 Å². The third-order valence-electron chi connectivity index (χ3n) is 9.34. The van der Waals surface area contributed by atoms with Crippen molar-refractivity contribution in [2.45, 2.75) is 206 Å². The zero-order chi connectivity index (χ0) is 37.8. The summed E-state index contributed by atoms with van der Waals surface area (Å²) in [6.45, 7) is 4.13. The van der Waals surface area contributed by atoms with E-state index in [-0.39, 0.29) is 12.5 Å². The molecule has 0 aliphatic rings. The molecule has 2 atom stereocenters. The Balaban J connectivity index is 3.58. The van der Waals surface area contributed by atoms with E-state index in [0.717, 1.165) is 64.2 Å². The molecule has 0 spiro atoms. The monoisotopic (exact) mass is 722 g/mol. The summed E-state index contributed by atoms with van der Waals surface area (Å²) in [6.07, 6.45) is 62.6. The average molecular weight is 722 g/mol. The number of amides is 1. The molecular weight excluding hydrogens is 639 g/mol.